The molecule has 4 nitrogen and oxygen atoms in total. The van der Waals surface area contributed by atoms with Crippen LogP contribution < -0.4 is 5.73 Å². The van der Waals surface area contributed by atoms with Crippen molar-refractivity contribution in [3.8, 4) is 0 Å². The van der Waals surface area contributed by atoms with Crippen LogP contribution in [0.3, 0.4) is 0 Å². The number of nitrogens with two attached hydrogens (primary N) is 1. The Morgan fingerprint density at radius 1 is 1.47 bits per heavy atom. The first-order valence-corrected chi connectivity index (χ1v) is 6.93. The van der Waals surface area contributed by atoms with Crippen molar-refractivity contribution in [2.24, 2.45) is 10.9 Å². The van der Waals surface area contributed by atoms with Crippen LogP contribution in [0, 0.1) is 0 Å². The number of rotatable bonds is 5. The van der Waals surface area contributed by atoms with Crippen LogP contribution in [0.15, 0.2) is 29.4 Å². The summed E-state index contributed by atoms with van der Waals surface area (Å²) in [4.78, 5) is 2.27. The van der Waals surface area contributed by atoms with E-state index in [2.05, 4.69) is 41.4 Å². The van der Waals surface area contributed by atoms with Crippen molar-refractivity contribution in [2.75, 3.05) is 20.1 Å². The fraction of sp³-hybridized carbons (Fsp3) is 0.533. The van der Waals surface area contributed by atoms with Gasteiger partial charge in [0.25, 0.3) is 0 Å². The molecule has 2 rings (SSSR count). The summed E-state index contributed by atoms with van der Waals surface area (Å²) in [6.45, 7) is 1.87. The van der Waals surface area contributed by atoms with E-state index in [1.807, 2.05) is 0 Å². The van der Waals surface area contributed by atoms with Crippen molar-refractivity contribution >= 4 is 5.84 Å². The van der Waals surface area contributed by atoms with Crippen LogP contribution in [0.4, 0.5) is 0 Å². The minimum Gasteiger partial charge on any atom is -0.409 e. The lowest BCUT2D eigenvalue weighted by Crippen LogP contribution is -2.30. The third-order valence-electron chi connectivity index (χ3n) is 3.90. The molecule has 19 heavy (non-hydrogen) atoms. The van der Waals surface area contributed by atoms with Gasteiger partial charge in [0.1, 0.15) is 5.84 Å². The molecule has 0 aromatic heterocycles. The van der Waals surface area contributed by atoms with Crippen molar-refractivity contribution in [1.29, 1.82) is 0 Å². The summed E-state index contributed by atoms with van der Waals surface area (Å²) in [6, 6.07) is 8.77. The van der Waals surface area contributed by atoms with Crippen LogP contribution in [0.25, 0.3) is 0 Å². The minimum absolute atomic E-state index is 0.302. The van der Waals surface area contributed by atoms with Gasteiger partial charge in [-0.3, -0.25) is 0 Å². The Kier molecular flexibility index (Phi) is 4.80. The molecule has 0 spiro atoms. The second-order valence-electron chi connectivity index (χ2n) is 5.39. The Morgan fingerprint density at radius 2 is 2.26 bits per heavy atom. The normalized spacial score (nSPS) is 19.5. The van der Waals surface area contributed by atoms with Gasteiger partial charge in [-0.25, -0.2) is 0 Å². The van der Waals surface area contributed by atoms with Crippen LogP contribution >= 0.6 is 0 Å². The van der Waals surface area contributed by atoms with Gasteiger partial charge in [0, 0.05) is 19.5 Å². The fourth-order valence-corrected chi connectivity index (χ4v) is 2.87. The highest BCUT2D eigenvalue weighted by atomic mass is 16.4. The molecule has 0 radical (unpaired) electrons. The van der Waals surface area contributed by atoms with Crippen molar-refractivity contribution in [3.05, 3.63) is 35.4 Å². The molecule has 104 valence electrons. The predicted octanol–water partition coefficient (Wildman–Crippen LogP) is 2.17. The average molecular weight is 261 g/mol. The van der Waals surface area contributed by atoms with Gasteiger partial charge in [0.15, 0.2) is 0 Å². The van der Waals surface area contributed by atoms with Gasteiger partial charge in [-0.2, -0.15) is 0 Å². The monoisotopic (exact) mass is 261 g/mol. The number of fused-ring (bicyclic) bond motifs is 1. The van der Waals surface area contributed by atoms with E-state index in [1.54, 1.807) is 0 Å². The summed E-state index contributed by atoms with van der Waals surface area (Å²) in [5.41, 5.74) is 8.51. The first-order chi connectivity index (χ1) is 9.20. The molecular weight excluding hydrogens is 238 g/mol. The summed E-state index contributed by atoms with van der Waals surface area (Å²) in [5, 5.41) is 11.6. The summed E-state index contributed by atoms with van der Waals surface area (Å²) >= 11 is 0. The number of aryl methyl sites for hydroxylation is 1. The molecule has 1 aromatic rings. The maximum Gasteiger partial charge on any atom is 0.140 e. The molecule has 1 atom stereocenters. The number of likely N-dealkylation sites (N-methyl/N-ethyl adjacent to an activating group) is 1. The number of hydrogen-bond donors (Lipinski definition) is 2. The zero-order chi connectivity index (χ0) is 13.7. The maximum atomic E-state index is 8.54. The molecule has 1 unspecified atom stereocenters. The second kappa shape index (κ2) is 6.57. The minimum atomic E-state index is 0.302. The van der Waals surface area contributed by atoms with Gasteiger partial charge < -0.3 is 15.8 Å². The predicted molar refractivity (Wildman–Crippen MR) is 77.6 cm³/mol. The maximum absolute atomic E-state index is 8.54. The lowest BCUT2D eigenvalue weighted by atomic mass is 9.82. The van der Waals surface area contributed by atoms with E-state index < -0.39 is 0 Å². The summed E-state index contributed by atoms with van der Waals surface area (Å²) < 4.78 is 0. The van der Waals surface area contributed by atoms with E-state index in [-0.39, 0.29) is 0 Å². The molecule has 4 heteroatoms. The number of nitrogens with zero attached hydrogens (tertiary/aromatic N) is 2. The van der Waals surface area contributed by atoms with Crippen LogP contribution in [-0.4, -0.2) is 36.1 Å². The van der Waals surface area contributed by atoms with E-state index in [9.17, 15) is 0 Å². The molecule has 0 saturated carbocycles. The van der Waals surface area contributed by atoms with E-state index in [4.69, 9.17) is 10.9 Å². The van der Waals surface area contributed by atoms with Crippen molar-refractivity contribution < 1.29 is 5.21 Å². The van der Waals surface area contributed by atoms with Gasteiger partial charge >= 0.3 is 0 Å². The standard InChI is InChI=1S/C15H23N3O/c1-18(10-9-15(16)17-19)11-13-7-4-6-12-5-2-3-8-14(12)13/h2-3,5,8,13,19H,4,6-7,9-11H2,1H3,(H2,16,17). The molecule has 0 bridgehead atoms. The zero-order valence-electron chi connectivity index (χ0n) is 11.5. The molecule has 0 saturated heterocycles. The molecule has 0 fully saturated rings. The third-order valence-corrected chi connectivity index (χ3v) is 3.90. The van der Waals surface area contributed by atoms with Crippen molar-refractivity contribution in [1.82, 2.24) is 4.90 Å². The van der Waals surface area contributed by atoms with Gasteiger partial charge in [0.2, 0.25) is 0 Å². The number of hydrogen-bond acceptors (Lipinski definition) is 3. The lowest BCUT2D eigenvalue weighted by Gasteiger charge is -2.29. The van der Waals surface area contributed by atoms with Gasteiger partial charge in [-0.15, -0.1) is 0 Å². The fourth-order valence-electron chi connectivity index (χ4n) is 2.87. The Hall–Kier alpha value is -1.55. The SMILES string of the molecule is CN(CCC(N)=NO)CC1CCCc2ccccc21. The molecule has 0 amide bonds. The highest BCUT2D eigenvalue weighted by molar-refractivity contribution is 5.79. The third kappa shape index (κ3) is 3.70. The van der Waals surface area contributed by atoms with Crippen LogP contribution in [0.2, 0.25) is 0 Å². The van der Waals surface area contributed by atoms with Crippen LogP contribution in [-0.2, 0) is 6.42 Å². The summed E-state index contributed by atoms with van der Waals surface area (Å²) in [6.07, 6.45) is 4.35. The van der Waals surface area contributed by atoms with E-state index in [0.29, 0.717) is 18.2 Å². The molecule has 0 heterocycles. The highest BCUT2D eigenvalue weighted by Crippen LogP contribution is 2.31. The quantitative estimate of drug-likeness (QED) is 0.369. The Morgan fingerprint density at radius 3 is 3.05 bits per heavy atom. The van der Waals surface area contributed by atoms with Gasteiger partial charge in [-0.1, -0.05) is 29.4 Å². The summed E-state index contributed by atoms with van der Waals surface area (Å²) in [5.74, 6) is 0.915. The number of amidine groups is 1. The average Bonchev–Trinajstić information content (AvgIpc) is 2.45. The highest BCUT2D eigenvalue weighted by Gasteiger charge is 2.20. The van der Waals surface area contributed by atoms with E-state index >= 15 is 0 Å². The molecular formula is C15H23N3O. The van der Waals surface area contributed by atoms with E-state index in [0.717, 1.165) is 13.1 Å². The molecule has 0 aliphatic heterocycles. The zero-order valence-corrected chi connectivity index (χ0v) is 11.5. The Bertz CT molecular complexity index is 445. The van der Waals surface area contributed by atoms with Crippen molar-refractivity contribution in [3.63, 3.8) is 0 Å². The molecule has 1 aromatic carbocycles. The van der Waals surface area contributed by atoms with Gasteiger partial charge in [0.05, 0.1) is 0 Å². The summed E-state index contributed by atoms with van der Waals surface area (Å²) in [7, 11) is 2.10. The lowest BCUT2D eigenvalue weighted by molar-refractivity contribution is 0.297. The Balaban J connectivity index is 1.93. The van der Waals surface area contributed by atoms with E-state index in [1.165, 1.54) is 30.4 Å². The topological polar surface area (TPSA) is 61.8 Å². The smallest absolute Gasteiger partial charge is 0.140 e. The first kappa shape index (κ1) is 13.9. The molecule has 1 aliphatic carbocycles. The Labute approximate surface area is 114 Å². The molecule has 1 aliphatic rings. The van der Waals surface area contributed by atoms with Gasteiger partial charge in [-0.05, 0) is 43.4 Å². The van der Waals surface area contributed by atoms with Crippen LogP contribution in [0.1, 0.15) is 36.3 Å². The number of benzene rings is 1. The first-order valence-electron chi connectivity index (χ1n) is 6.93. The molecule has 3 N–H and O–H groups in total. The van der Waals surface area contributed by atoms with Crippen molar-refractivity contribution in [2.45, 2.75) is 31.6 Å². The largest absolute Gasteiger partial charge is 0.409 e. The number of oxime groups is 1. The second-order valence-corrected chi connectivity index (χ2v) is 5.39. The van der Waals surface area contributed by atoms with Crippen LogP contribution in [0.5, 0.6) is 0 Å².